The standard InChI is InChI=1S/C23H23F5O4/c1-23(2,3)32-16(30)10-13(9-12-7-5-4-6-8-12)22(31)15(29)11-14-17(24)19(26)21(28)20(27)18(14)25/h4-8,13,22,31H,9-11H2,1-3H3. The van der Waals surface area contributed by atoms with Gasteiger partial charge in [-0.25, -0.2) is 22.0 Å². The molecule has 0 aliphatic rings. The van der Waals surface area contributed by atoms with Gasteiger partial charge in [-0.05, 0) is 32.8 Å². The van der Waals surface area contributed by atoms with Crippen molar-refractivity contribution in [1.29, 1.82) is 0 Å². The highest BCUT2D eigenvalue weighted by Gasteiger charge is 2.33. The molecule has 0 aromatic heterocycles. The Labute approximate surface area is 182 Å². The lowest BCUT2D eigenvalue weighted by atomic mass is 9.87. The molecule has 2 aromatic rings. The number of ketones is 1. The fourth-order valence-corrected chi connectivity index (χ4v) is 3.16. The molecule has 0 aliphatic carbocycles. The Balaban J connectivity index is 2.29. The van der Waals surface area contributed by atoms with Crippen LogP contribution in [0.3, 0.4) is 0 Å². The van der Waals surface area contributed by atoms with Gasteiger partial charge in [0.2, 0.25) is 5.82 Å². The van der Waals surface area contributed by atoms with E-state index in [0.717, 1.165) is 0 Å². The van der Waals surface area contributed by atoms with E-state index in [2.05, 4.69) is 0 Å². The van der Waals surface area contributed by atoms with E-state index in [9.17, 15) is 36.6 Å². The number of esters is 1. The molecule has 0 aliphatic heterocycles. The monoisotopic (exact) mass is 458 g/mol. The van der Waals surface area contributed by atoms with E-state index in [4.69, 9.17) is 4.74 Å². The first-order valence-corrected chi connectivity index (χ1v) is 9.78. The lowest BCUT2D eigenvalue weighted by Crippen LogP contribution is -2.36. The molecular formula is C23H23F5O4. The van der Waals surface area contributed by atoms with Crippen LogP contribution in [-0.4, -0.2) is 28.6 Å². The van der Waals surface area contributed by atoms with E-state index < -0.39 is 76.9 Å². The van der Waals surface area contributed by atoms with Crippen LogP contribution in [0.25, 0.3) is 0 Å². The van der Waals surface area contributed by atoms with Crippen molar-refractivity contribution in [1.82, 2.24) is 0 Å². The summed E-state index contributed by atoms with van der Waals surface area (Å²) >= 11 is 0. The maximum Gasteiger partial charge on any atom is 0.306 e. The Morgan fingerprint density at radius 2 is 1.41 bits per heavy atom. The first-order valence-electron chi connectivity index (χ1n) is 9.78. The number of hydrogen-bond acceptors (Lipinski definition) is 4. The highest BCUT2D eigenvalue weighted by atomic mass is 19.2. The third kappa shape index (κ3) is 6.35. The Bertz CT molecular complexity index is 957. The number of carbonyl (C=O) groups excluding carboxylic acids is 2. The molecule has 0 spiro atoms. The van der Waals surface area contributed by atoms with Gasteiger partial charge in [0.25, 0.3) is 0 Å². The highest BCUT2D eigenvalue weighted by molar-refractivity contribution is 5.86. The van der Waals surface area contributed by atoms with Gasteiger partial charge in [-0.15, -0.1) is 0 Å². The van der Waals surface area contributed by atoms with Gasteiger partial charge in [0.15, 0.2) is 29.1 Å². The fourth-order valence-electron chi connectivity index (χ4n) is 3.16. The van der Waals surface area contributed by atoms with Crippen LogP contribution in [0, 0.1) is 35.0 Å². The largest absolute Gasteiger partial charge is 0.460 e. The number of Topliss-reactive ketones (excluding diaryl/α,β-unsaturated/α-hetero) is 1. The smallest absolute Gasteiger partial charge is 0.306 e. The minimum Gasteiger partial charge on any atom is -0.460 e. The average molecular weight is 458 g/mol. The summed E-state index contributed by atoms with van der Waals surface area (Å²) in [6.07, 6.45) is -3.54. The number of aliphatic hydroxyl groups excluding tert-OH is 1. The Morgan fingerprint density at radius 1 is 0.906 bits per heavy atom. The number of hydrogen-bond donors (Lipinski definition) is 1. The van der Waals surface area contributed by atoms with Crippen LogP contribution in [0.15, 0.2) is 30.3 Å². The summed E-state index contributed by atoms with van der Waals surface area (Å²) in [5.74, 6) is -14.0. The molecule has 2 aromatic carbocycles. The van der Waals surface area contributed by atoms with Crippen LogP contribution in [0.1, 0.15) is 38.3 Å². The van der Waals surface area contributed by atoms with Gasteiger partial charge < -0.3 is 9.84 Å². The molecule has 2 atom stereocenters. The number of aliphatic hydroxyl groups is 1. The third-order valence-corrected chi connectivity index (χ3v) is 4.62. The summed E-state index contributed by atoms with van der Waals surface area (Å²) in [5, 5.41) is 10.6. The first kappa shape index (κ1) is 25.5. The van der Waals surface area contributed by atoms with Crippen LogP contribution >= 0.6 is 0 Å². The lowest BCUT2D eigenvalue weighted by molar-refractivity contribution is -0.157. The molecule has 0 radical (unpaired) electrons. The van der Waals surface area contributed by atoms with Crippen molar-refractivity contribution >= 4 is 11.8 Å². The van der Waals surface area contributed by atoms with E-state index in [1.807, 2.05) is 0 Å². The molecule has 0 fully saturated rings. The quantitative estimate of drug-likeness (QED) is 0.275. The predicted octanol–water partition coefficient (Wildman–Crippen LogP) is 4.45. The average Bonchev–Trinajstić information content (AvgIpc) is 2.72. The molecule has 174 valence electrons. The Hall–Kier alpha value is -2.81. The molecule has 0 amide bonds. The molecular weight excluding hydrogens is 435 g/mol. The normalized spacial score (nSPS) is 13.5. The minimum absolute atomic E-state index is 0.0318. The van der Waals surface area contributed by atoms with Crippen molar-refractivity contribution < 1.29 is 41.4 Å². The molecule has 9 heteroatoms. The second-order valence-electron chi connectivity index (χ2n) is 8.38. The van der Waals surface area contributed by atoms with Crippen molar-refractivity contribution in [3.05, 3.63) is 70.5 Å². The number of rotatable bonds is 8. The molecule has 0 bridgehead atoms. The van der Waals surface area contributed by atoms with Crippen LogP contribution in [0.5, 0.6) is 0 Å². The fraction of sp³-hybridized carbons (Fsp3) is 0.391. The van der Waals surface area contributed by atoms with Gasteiger partial charge in [-0.3, -0.25) is 9.59 Å². The van der Waals surface area contributed by atoms with Crippen molar-refractivity contribution in [3.8, 4) is 0 Å². The van der Waals surface area contributed by atoms with Crippen molar-refractivity contribution in [2.75, 3.05) is 0 Å². The molecule has 2 unspecified atom stereocenters. The van der Waals surface area contributed by atoms with Gasteiger partial charge in [-0.1, -0.05) is 30.3 Å². The second-order valence-corrected chi connectivity index (χ2v) is 8.38. The van der Waals surface area contributed by atoms with E-state index in [1.165, 1.54) is 0 Å². The molecule has 0 saturated carbocycles. The van der Waals surface area contributed by atoms with E-state index in [0.29, 0.717) is 5.56 Å². The molecule has 4 nitrogen and oxygen atoms in total. The highest BCUT2D eigenvalue weighted by Crippen LogP contribution is 2.26. The molecule has 2 rings (SSSR count). The zero-order chi connectivity index (χ0) is 24.2. The maximum absolute atomic E-state index is 13.9. The third-order valence-electron chi connectivity index (χ3n) is 4.62. The van der Waals surface area contributed by atoms with Crippen LogP contribution in [0.2, 0.25) is 0 Å². The molecule has 1 N–H and O–H groups in total. The maximum atomic E-state index is 13.9. The summed E-state index contributed by atoms with van der Waals surface area (Å²) in [4.78, 5) is 24.8. The number of benzene rings is 2. The van der Waals surface area contributed by atoms with Crippen molar-refractivity contribution in [2.45, 2.75) is 51.7 Å². The first-order chi connectivity index (χ1) is 14.8. The van der Waals surface area contributed by atoms with Gasteiger partial charge in [0.05, 0.1) is 6.42 Å². The van der Waals surface area contributed by atoms with Crippen LogP contribution < -0.4 is 0 Å². The number of carbonyl (C=O) groups is 2. The minimum atomic E-state index is -2.34. The molecule has 0 heterocycles. The lowest BCUT2D eigenvalue weighted by Gasteiger charge is -2.25. The number of ether oxygens (including phenoxy) is 1. The van der Waals surface area contributed by atoms with Crippen molar-refractivity contribution in [3.63, 3.8) is 0 Å². The van der Waals surface area contributed by atoms with Gasteiger partial charge in [-0.2, -0.15) is 0 Å². The second kappa shape index (κ2) is 10.2. The van der Waals surface area contributed by atoms with Gasteiger partial charge >= 0.3 is 5.97 Å². The number of halogens is 5. The summed E-state index contributed by atoms with van der Waals surface area (Å²) < 4.78 is 73.2. The van der Waals surface area contributed by atoms with E-state index in [-0.39, 0.29) is 6.42 Å². The molecule has 32 heavy (non-hydrogen) atoms. The van der Waals surface area contributed by atoms with Crippen LogP contribution in [-0.2, 0) is 27.2 Å². The van der Waals surface area contributed by atoms with Gasteiger partial charge in [0.1, 0.15) is 11.7 Å². The summed E-state index contributed by atoms with van der Waals surface area (Å²) in [5.41, 5.74) is -1.52. The summed E-state index contributed by atoms with van der Waals surface area (Å²) in [6.45, 7) is 4.88. The zero-order valence-electron chi connectivity index (χ0n) is 17.7. The molecule has 0 saturated heterocycles. The predicted molar refractivity (Wildman–Crippen MR) is 105 cm³/mol. The summed E-state index contributed by atoms with van der Waals surface area (Å²) in [7, 11) is 0. The SMILES string of the molecule is CC(C)(C)OC(=O)CC(Cc1ccccc1)C(O)C(=O)Cc1c(F)c(F)c(F)c(F)c1F. The topological polar surface area (TPSA) is 63.6 Å². The summed E-state index contributed by atoms with van der Waals surface area (Å²) in [6, 6.07) is 8.50. The van der Waals surface area contributed by atoms with Crippen molar-refractivity contribution in [2.24, 2.45) is 5.92 Å². The Kier molecular flexibility index (Phi) is 8.12. The van der Waals surface area contributed by atoms with E-state index in [1.54, 1.807) is 51.1 Å². The van der Waals surface area contributed by atoms with Crippen LogP contribution in [0.4, 0.5) is 22.0 Å². The van der Waals surface area contributed by atoms with E-state index >= 15 is 0 Å². The zero-order valence-corrected chi connectivity index (χ0v) is 17.7. The Morgan fingerprint density at radius 3 is 1.91 bits per heavy atom. The van der Waals surface area contributed by atoms with Gasteiger partial charge in [0, 0.05) is 17.9 Å².